The number of hydrogen-bond donors (Lipinski definition) is 4. The van der Waals surface area contributed by atoms with E-state index in [1.54, 1.807) is 19.2 Å². The molecule has 9 nitrogen and oxygen atoms in total. The Morgan fingerprint density at radius 3 is 2.50 bits per heavy atom. The molecule has 2 aromatic rings. The molecule has 3 rings (SSSR count). The van der Waals surface area contributed by atoms with Gasteiger partial charge in [0.1, 0.15) is 17.5 Å². The highest BCUT2D eigenvalue weighted by molar-refractivity contribution is 6.01. The van der Waals surface area contributed by atoms with Crippen LogP contribution in [0.3, 0.4) is 0 Å². The van der Waals surface area contributed by atoms with Gasteiger partial charge in [0.25, 0.3) is 0 Å². The predicted molar refractivity (Wildman–Crippen MR) is 136 cm³/mol. The highest BCUT2D eigenvalue weighted by atomic mass is 19.1. The number of pyridine rings is 1. The molecule has 2 heterocycles. The second kappa shape index (κ2) is 10.4. The molecule has 0 saturated carbocycles. The van der Waals surface area contributed by atoms with Gasteiger partial charge in [-0.05, 0) is 45.4 Å². The molecule has 1 saturated heterocycles. The molecular weight excluding hydrogens is 439 g/mol. The van der Waals surface area contributed by atoms with Crippen LogP contribution in [0.2, 0.25) is 0 Å². The number of carbonyl (C=O) groups excluding carboxylic acids is 1. The van der Waals surface area contributed by atoms with Crippen LogP contribution in [0.5, 0.6) is 0 Å². The zero-order chi connectivity index (χ0) is 25.0. The van der Waals surface area contributed by atoms with Gasteiger partial charge in [0, 0.05) is 42.4 Å². The second-order valence-electron chi connectivity index (χ2n) is 9.06. The van der Waals surface area contributed by atoms with Gasteiger partial charge in [-0.3, -0.25) is 10.7 Å². The summed E-state index contributed by atoms with van der Waals surface area (Å²) in [6, 6.07) is 6.30. The number of morpholine rings is 1. The molecule has 1 aliphatic rings. The van der Waals surface area contributed by atoms with E-state index in [0.29, 0.717) is 29.9 Å². The van der Waals surface area contributed by atoms with Crippen LogP contribution in [-0.2, 0) is 9.47 Å². The summed E-state index contributed by atoms with van der Waals surface area (Å²) in [7, 11) is 1.54. The average Bonchev–Trinajstić information content (AvgIpc) is 2.77. The van der Waals surface area contributed by atoms with Gasteiger partial charge < -0.3 is 25.4 Å². The second-order valence-corrected chi connectivity index (χ2v) is 9.06. The molecule has 1 fully saturated rings. The Balaban J connectivity index is 0.00000432. The van der Waals surface area contributed by atoms with E-state index in [4.69, 9.17) is 20.6 Å². The summed E-state index contributed by atoms with van der Waals surface area (Å²) >= 11 is 0. The van der Waals surface area contributed by atoms with E-state index in [-0.39, 0.29) is 34.0 Å². The van der Waals surface area contributed by atoms with Crippen molar-refractivity contribution in [1.29, 1.82) is 5.41 Å². The first-order valence-electron chi connectivity index (χ1n) is 11.1. The number of rotatable bonds is 6. The molecule has 2 amide bonds. The molecule has 0 bridgehead atoms. The zero-order valence-electron chi connectivity index (χ0n) is 20.2. The number of amidine groups is 1. The van der Waals surface area contributed by atoms with Crippen molar-refractivity contribution in [3.63, 3.8) is 0 Å². The lowest BCUT2D eigenvalue weighted by molar-refractivity contribution is -0.0480. The number of methoxy groups -OCH3 is 1. The normalized spacial score (nSPS) is 19.4. The monoisotopic (exact) mass is 478 g/mol. The Hall–Kier alpha value is -3.24. The van der Waals surface area contributed by atoms with Gasteiger partial charge in [0.05, 0.1) is 29.4 Å². The first-order valence-corrected chi connectivity index (χ1v) is 11.1. The highest BCUT2D eigenvalue weighted by Crippen LogP contribution is 2.29. The fraction of sp³-hybridized carbons (Fsp3) is 0.458. The molecule has 190 valence electrons. The summed E-state index contributed by atoms with van der Waals surface area (Å²) in [6.45, 7) is 8.76. The first-order chi connectivity index (χ1) is 16.0. The molecule has 3 atom stereocenters. The van der Waals surface area contributed by atoms with Crippen molar-refractivity contribution < 1.29 is 22.9 Å². The standard InChI is InChI=1S/C24H33FN6O3.3H2/c1-14-12-31(13-15(2)34-14)22(27)18-11-28-20(10-19(18)26)29-23(32)30-21(24(3,4)33-5)16-6-8-17(25)9-7-16;;;/h6-11,14-15,21,27H,12-13H2,1-5H3,(H4,26,28,29,30,32);3*1H/t14-,15?,21?;;;/m0.../s1. The van der Waals surface area contributed by atoms with Crippen molar-refractivity contribution in [2.45, 2.75) is 51.5 Å². The third-order valence-corrected chi connectivity index (χ3v) is 5.87. The lowest BCUT2D eigenvalue weighted by atomic mass is 9.91. The minimum atomic E-state index is -0.771. The van der Waals surface area contributed by atoms with Crippen molar-refractivity contribution in [3.8, 4) is 0 Å². The number of nitrogens with zero attached hydrogens (tertiary/aromatic N) is 2. The number of amides is 2. The SMILES string of the molecule is COC(C)(C)C(NC(=O)Nc1cc(N)c(C(=N)N2CC(C)O[C@@H](C)C2)cn1)c1ccc(F)cc1.[HH].[HH].[HH]. The zero-order valence-corrected chi connectivity index (χ0v) is 20.2. The van der Waals surface area contributed by atoms with Gasteiger partial charge >= 0.3 is 6.03 Å². The Labute approximate surface area is 203 Å². The summed E-state index contributed by atoms with van der Waals surface area (Å²) < 4.78 is 24.7. The van der Waals surface area contributed by atoms with Crippen LogP contribution in [0, 0.1) is 11.2 Å². The van der Waals surface area contributed by atoms with E-state index < -0.39 is 17.7 Å². The molecule has 1 aliphatic heterocycles. The van der Waals surface area contributed by atoms with E-state index in [2.05, 4.69) is 15.6 Å². The molecule has 0 radical (unpaired) electrons. The van der Waals surface area contributed by atoms with E-state index in [1.807, 2.05) is 32.6 Å². The molecule has 1 aromatic heterocycles. The third kappa shape index (κ3) is 6.00. The summed E-state index contributed by atoms with van der Waals surface area (Å²) in [5.74, 6) is 0.137. The number of nitrogens with one attached hydrogen (secondary N) is 3. The van der Waals surface area contributed by atoms with Crippen LogP contribution in [0.4, 0.5) is 20.7 Å². The van der Waals surface area contributed by atoms with E-state index >= 15 is 0 Å². The van der Waals surface area contributed by atoms with Crippen LogP contribution in [0.1, 0.15) is 49.1 Å². The van der Waals surface area contributed by atoms with Crippen LogP contribution < -0.4 is 16.4 Å². The van der Waals surface area contributed by atoms with E-state index in [9.17, 15) is 9.18 Å². The Kier molecular flexibility index (Phi) is 7.73. The number of anilines is 2. The minimum Gasteiger partial charge on any atom is -0.398 e. The number of nitrogens with two attached hydrogens (primary N) is 1. The molecule has 2 unspecified atom stereocenters. The molecule has 0 spiro atoms. The average molecular weight is 479 g/mol. The number of aromatic nitrogens is 1. The number of urea groups is 1. The van der Waals surface area contributed by atoms with Gasteiger partial charge in [-0.2, -0.15) is 0 Å². The van der Waals surface area contributed by atoms with Crippen molar-refractivity contribution >= 4 is 23.4 Å². The molecule has 5 N–H and O–H groups in total. The summed E-state index contributed by atoms with van der Waals surface area (Å²) in [6.07, 6.45) is 1.50. The van der Waals surface area contributed by atoms with Gasteiger partial charge in [0.15, 0.2) is 0 Å². The Morgan fingerprint density at radius 1 is 1.32 bits per heavy atom. The van der Waals surface area contributed by atoms with Gasteiger partial charge in [0.2, 0.25) is 0 Å². The fourth-order valence-electron chi connectivity index (χ4n) is 3.98. The van der Waals surface area contributed by atoms with E-state index in [1.165, 1.54) is 24.4 Å². The van der Waals surface area contributed by atoms with Crippen molar-refractivity contribution in [2.24, 2.45) is 0 Å². The maximum absolute atomic E-state index is 13.4. The van der Waals surface area contributed by atoms with Gasteiger partial charge in [-0.1, -0.05) is 12.1 Å². The maximum Gasteiger partial charge on any atom is 0.320 e. The summed E-state index contributed by atoms with van der Waals surface area (Å²) in [5.41, 5.74) is 6.93. The number of halogens is 1. The Bertz CT molecular complexity index is 1030. The minimum absolute atomic E-state index is 0. The van der Waals surface area contributed by atoms with Crippen molar-refractivity contribution in [3.05, 3.63) is 53.5 Å². The lowest BCUT2D eigenvalue weighted by Crippen LogP contribution is -2.48. The first kappa shape index (κ1) is 25.4. The fourth-order valence-corrected chi connectivity index (χ4v) is 3.98. The van der Waals surface area contributed by atoms with Crippen molar-refractivity contribution in [2.75, 3.05) is 31.2 Å². The lowest BCUT2D eigenvalue weighted by Gasteiger charge is -2.37. The van der Waals surface area contributed by atoms with Crippen molar-refractivity contribution in [1.82, 2.24) is 15.2 Å². The predicted octanol–water partition coefficient (Wildman–Crippen LogP) is 4.26. The Morgan fingerprint density at radius 2 is 1.94 bits per heavy atom. The maximum atomic E-state index is 13.4. The van der Waals surface area contributed by atoms with Crippen LogP contribution >= 0.6 is 0 Å². The van der Waals surface area contributed by atoms with Gasteiger partial charge in [-0.25, -0.2) is 14.2 Å². The molecule has 34 heavy (non-hydrogen) atoms. The largest absolute Gasteiger partial charge is 0.398 e. The topological polar surface area (TPSA) is 126 Å². The third-order valence-electron chi connectivity index (χ3n) is 5.87. The van der Waals surface area contributed by atoms with Crippen LogP contribution in [-0.4, -0.2) is 59.8 Å². The summed E-state index contributed by atoms with van der Waals surface area (Å²) in [5, 5.41) is 14.1. The van der Waals surface area contributed by atoms with Crippen LogP contribution in [0.25, 0.3) is 0 Å². The number of nitrogen functional groups attached to an aromatic ring is 1. The quantitative estimate of drug-likeness (QED) is 0.363. The summed E-state index contributed by atoms with van der Waals surface area (Å²) in [4.78, 5) is 19.0. The van der Waals surface area contributed by atoms with Gasteiger partial charge in [-0.15, -0.1) is 0 Å². The molecule has 1 aromatic carbocycles. The number of hydrogen-bond acceptors (Lipinski definition) is 6. The smallest absolute Gasteiger partial charge is 0.320 e. The molecule has 0 aliphatic carbocycles. The highest BCUT2D eigenvalue weighted by Gasteiger charge is 2.32. The number of carbonyl (C=O) groups is 1. The molecule has 10 heteroatoms. The van der Waals surface area contributed by atoms with Crippen LogP contribution in [0.15, 0.2) is 36.5 Å². The van der Waals surface area contributed by atoms with E-state index in [0.717, 1.165) is 0 Å². The number of benzene rings is 1. The number of ether oxygens (including phenoxy) is 2. The molecular formula is C24H39FN6O3.